The third-order valence-corrected chi connectivity index (χ3v) is 2.75. The second-order valence-corrected chi connectivity index (χ2v) is 4.20. The van der Waals surface area contributed by atoms with E-state index >= 15 is 0 Å². The molecule has 15 heavy (non-hydrogen) atoms. The fourth-order valence-electron chi connectivity index (χ4n) is 1.99. The number of rotatable bonds is 3. The van der Waals surface area contributed by atoms with Crippen LogP contribution in [0.4, 0.5) is 0 Å². The van der Waals surface area contributed by atoms with Gasteiger partial charge < -0.3 is 9.64 Å². The van der Waals surface area contributed by atoms with Crippen molar-refractivity contribution in [2.75, 3.05) is 13.2 Å². The van der Waals surface area contributed by atoms with E-state index in [1.807, 2.05) is 0 Å². The molecule has 0 aromatic heterocycles. The van der Waals surface area contributed by atoms with E-state index in [0.717, 1.165) is 13.0 Å². The zero-order valence-electron chi connectivity index (χ0n) is 9.66. The van der Waals surface area contributed by atoms with Gasteiger partial charge in [0.2, 0.25) is 5.91 Å². The molecule has 0 aromatic rings. The minimum absolute atomic E-state index is 0.0666. The highest BCUT2D eigenvalue weighted by atomic mass is 16.5. The van der Waals surface area contributed by atoms with Crippen molar-refractivity contribution in [1.29, 1.82) is 0 Å². The Kier molecular flexibility index (Phi) is 4.12. The first-order valence-electron chi connectivity index (χ1n) is 5.47. The number of likely N-dealkylation sites (tertiary alicyclic amines) is 1. The molecule has 0 bridgehead atoms. The Hall–Kier alpha value is -1.06. The Morgan fingerprint density at radius 3 is 2.67 bits per heavy atom. The van der Waals surface area contributed by atoms with Gasteiger partial charge >= 0.3 is 5.97 Å². The van der Waals surface area contributed by atoms with E-state index in [2.05, 4.69) is 6.92 Å². The molecule has 0 N–H and O–H groups in total. The molecular formula is C11H19NO3. The molecule has 1 aliphatic heterocycles. The van der Waals surface area contributed by atoms with E-state index in [0.29, 0.717) is 18.9 Å². The Morgan fingerprint density at radius 1 is 1.47 bits per heavy atom. The molecule has 0 spiro atoms. The van der Waals surface area contributed by atoms with Crippen LogP contribution in [0.1, 0.15) is 33.6 Å². The molecule has 86 valence electrons. The Labute approximate surface area is 90.6 Å². The van der Waals surface area contributed by atoms with Crippen LogP contribution >= 0.6 is 0 Å². The number of hydrogen-bond acceptors (Lipinski definition) is 3. The second-order valence-electron chi connectivity index (χ2n) is 4.20. The van der Waals surface area contributed by atoms with Crippen LogP contribution in [0.3, 0.4) is 0 Å². The van der Waals surface area contributed by atoms with Gasteiger partial charge in [-0.1, -0.05) is 13.8 Å². The molecule has 0 aliphatic carbocycles. The summed E-state index contributed by atoms with van der Waals surface area (Å²) in [4.78, 5) is 24.1. The van der Waals surface area contributed by atoms with Gasteiger partial charge in [0.05, 0.1) is 6.04 Å². The van der Waals surface area contributed by atoms with Crippen LogP contribution in [0.25, 0.3) is 0 Å². The van der Waals surface area contributed by atoms with E-state index in [1.54, 1.807) is 18.7 Å². The van der Waals surface area contributed by atoms with Gasteiger partial charge in [-0.15, -0.1) is 0 Å². The molecule has 0 aromatic carbocycles. The lowest BCUT2D eigenvalue weighted by molar-refractivity contribution is -0.146. The van der Waals surface area contributed by atoms with Crippen LogP contribution in [-0.2, 0) is 14.3 Å². The predicted octanol–water partition coefficient (Wildman–Crippen LogP) is 1.20. The van der Waals surface area contributed by atoms with E-state index in [1.165, 1.54) is 0 Å². The van der Waals surface area contributed by atoms with Crippen molar-refractivity contribution in [3.63, 3.8) is 0 Å². The van der Waals surface area contributed by atoms with Crippen LogP contribution in [0.15, 0.2) is 0 Å². The maximum atomic E-state index is 11.3. The van der Waals surface area contributed by atoms with Crippen molar-refractivity contribution in [1.82, 2.24) is 4.90 Å². The first-order chi connectivity index (χ1) is 7.04. The third kappa shape index (κ3) is 3.22. The SMILES string of the molecule is CCC(=O)OCC1CC(C)CN1C(C)=O. The summed E-state index contributed by atoms with van der Waals surface area (Å²) >= 11 is 0. The summed E-state index contributed by atoms with van der Waals surface area (Å²) in [6.45, 7) is 6.56. The molecule has 1 fully saturated rings. The topological polar surface area (TPSA) is 46.6 Å². The normalized spacial score (nSPS) is 25.4. The minimum atomic E-state index is -0.196. The first kappa shape index (κ1) is 12.0. The Morgan fingerprint density at radius 2 is 2.13 bits per heavy atom. The highest BCUT2D eigenvalue weighted by Crippen LogP contribution is 2.23. The van der Waals surface area contributed by atoms with Crippen LogP contribution in [0, 0.1) is 5.92 Å². The lowest BCUT2D eigenvalue weighted by Gasteiger charge is -2.22. The van der Waals surface area contributed by atoms with Gasteiger partial charge in [0.1, 0.15) is 6.61 Å². The lowest BCUT2D eigenvalue weighted by Crippen LogP contribution is -2.37. The zero-order valence-corrected chi connectivity index (χ0v) is 9.66. The molecule has 0 radical (unpaired) electrons. The number of amides is 1. The van der Waals surface area contributed by atoms with Crippen LogP contribution in [-0.4, -0.2) is 36.0 Å². The number of nitrogens with zero attached hydrogens (tertiary/aromatic N) is 1. The van der Waals surface area contributed by atoms with Crippen molar-refractivity contribution >= 4 is 11.9 Å². The molecule has 1 rings (SSSR count). The van der Waals surface area contributed by atoms with Crippen molar-refractivity contribution in [3.8, 4) is 0 Å². The molecular weight excluding hydrogens is 194 g/mol. The summed E-state index contributed by atoms with van der Waals surface area (Å²) in [5, 5.41) is 0. The summed E-state index contributed by atoms with van der Waals surface area (Å²) in [7, 11) is 0. The highest BCUT2D eigenvalue weighted by Gasteiger charge is 2.31. The summed E-state index contributed by atoms with van der Waals surface area (Å²) in [5.41, 5.74) is 0. The Bertz CT molecular complexity index is 252. The van der Waals surface area contributed by atoms with Crippen LogP contribution in [0.5, 0.6) is 0 Å². The molecule has 1 heterocycles. The van der Waals surface area contributed by atoms with Gasteiger partial charge in [-0.05, 0) is 12.3 Å². The molecule has 2 unspecified atom stereocenters. The number of carbonyl (C=O) groups excluding carboxylic acids is 2. The average Bonchev–Trinajstić information content (AvgIpc) is 2.56. The van der Waals surface area contributed by atoms with E-state index < -0.39 is 0 Å². The summed E-state index contributed by atoms with van der Waals surface area (Å²) in [5.74, 6) is 0.370. The zero-order chi connectivity index (χ0) is 11.4. The van der Waals surface area contributed by atoms with E-state index in [9.17, 15) is 9.59 Å². The number of hydrogen-bond donors (Lipinski definition) is 0. The third-order valence-electron chi connectivity index (χ3n) is 2.75. The monoisotopic (exact) mass is 213 g/mol. The molecule has 4 nitrogen and oxygen atoms in total. The quantitative estimate of drug-likeness (QED) is 0.662. The predicted molar refractivity (Wildman–Crippen MR) is 56.2 cm³/mol. The first-order valence-corrected chi connectivity index (χ1v) is 5.47. The fraction of sp³-hybridized carbons (Fsp3) is 0.818. The number of ether oxygens (including phenoxy) is 1. The maximum Gasteiger partial charge on any atom is 0.305 e. The smallest absolute Gasteiger partial charge is 0.305 e. The highest BCUT2D eigenvalue weighted by molar-refractivity contribution is 5.74. The van der Waals surface area contributed by atoms with Crippen molar-refractivity contribution in [2.24, 2.45) is 5.92 Å². The van der Waals surface area contributed by atoms with Crippen LogP contribution < -0.4 is 0 Å². The van der Waals surface area contributed by atoms with Gasteiger partial charge in [-0.25, -0.2) is 0 Å². The van der Waals surface area contributed by atoms with E-state index in [4.69, 9.17) is 4.74 Å². The average molecular weight is 213 g/mol. The van der Waals surface area contributed by atoms with Gasteiger partial charge in [-0.3, -0.25) is 9.59 Å². The molecule has 1 amide bonds. The summed E-state index contributed by atoms with van der Waals surface area (Å²) in [6.07, 6.45) is 1.32. The summed E-state index contributed by atoms with van der Waals surface area (Å²) < 4.78 is 5.07. The maximum absolute atomic E-state index is 11.3. The Balaban J connectivity index is 2.45. The largest absolute Gasteiger partial charge is 0.463 e. The van der Waals surface area contributed by atoms with Crippen LogP contribution in [0.2, 0.25) is 0 Å². The molecule has 4 heteroatoms. The molecule has 2 atom stereocenters. The van der Waals surface area contributed by atoms with E-state index in [-0.39, 0.29) is 17.9 Å². The lowest BCUT2D eigenvalue weighted by atomic mass is 10.1. The molecule has 0 saturated carbocycles. The van der Waals surface area contributed by atoms with Crippen molar-refractivity contribution in [3.05, 3.63) is 0 Å². The van der Waals surface area contributed by atoms with Crippen molar-refractivity contribution < 1.29 is 14.3 Å². The van der Waals surface area contributed by atoms with Gasteiger partial charge in [0, 0.05) is 19.9 Å². The van der Waals surface area contributed by atoms with Gasteiger partial charge in [0.25, 0.3) is 0 Å². The molecule has 1 aliphatic rings. The second kappa shape index (κ2) is 5.14. The van der Waals surface area contributed by atoms with Gasteiger partial charge in [0.15, 0.2) is 0 Å². The fourth-order valence-corrected chi connectivity index (χ4v) is 1.99. The van der Waals surface area contributed by atoms with Gasteiger partial charge in [-0.2, -0.15) is 0 Å². The minimum Gasteiger partial charge on any atom is -0.463 e. The molecule has 1 saturated heterocycles. The summed E-state index contributed by atoms with van der Waals surface area (Å²) in [6, 6.07) is 0.0769. The number of carbonyl (C=O) groups is 2. The standard InChI is InChI=1S/C11H19NO3/c1-4-11(14)15-7-10-5-8(2)6-12(10)9(3)13/h8,10H,4-7H2,1-3H3. The number of esters is 1. The van der Waals surface area contributed by atoms with Crippen molar-refractivity contribution in [2.45, 2.75) is 39.7 Å².